The third-order valence-electron chi connectivity index (χ3n) is 11.5. The first-order chi connectivity index (χ1) is 23.5. The van der Waals surface area contributed by atoms with Crippen molar-refractivity contribution in [1.29, 1.82) is 0 Å². The van der Waals surface area contributed by atoms with E-state index in [1.54, 1.807) is 44.2 Å². The number of hydrogen-bond acceptors (Lipinski definition) is 7. The summed E-state index contributed by atoms with van der Waals surface area (Å²) in [5.74, 6) is -5.84. The molecule has 1 saturated carbocycles. The Kier molecular flexibility index (Phi) is 7.46. The van der Waals surface area contributed by atoms with Crippen molar-refractivity contribution >= 4 is 52.3 Å². The lowest BCUT2D eigenvalue weighted by Gasteiger charge is -2.49. The van der Waals surface area contributed by atoms with Gasteiger partial charge in [0.25, 0.3) is 0 Å². The predicted molar refractivity (Wildman–Crippen MR) is 181 cm³/mol. The molecule has 5 aliphatic rings. The summed E-state index contributed by atoms with van der Waals surface area (Å²) >= 11 is 6.09. The number of fused-ring (bicyclic) bond motifs is 4. The van der Waals surface area contributed by atoms with E-state index in [0.717, 1.165) is 35.3 Å². The molecular weight excluding hydrogens is 649 g/mol. The highest BCUT2D eigenvalue weighted by Gasteiger charge is 2.68. The van der Waals surface area contributed by atoms with Gasteiger partial charge in [-0.15, -0.1) is 0 Å². The van der Waals surface area contributed by atoms with Crippen LogP contribution in [0, 0.1) is 41.8 Å². The Hall–Kier alpha value is -4.54. The number of carbonyl (C=O) groups excluding carboxylic acids is 4. The molecule has 0 spiro atoms. The summed E-state index contributed by atoms with van der Waals surface area (Å²) in [7, 11) is 0. The minimum absolute atomic E-state index is 0.00971. The molecule has 11 heteroatoms. The predicted octanol–water partition coefficient (Wildman–Crippen LogP) is 5.77. The summed E-state index contributed by atoms with van der Waals surface area (Å²) in [6, 6.07) is 16.4. The van der Waals surface area contributed by atoms with Crippen molar-refractivity contribution in [2.45, 2.75) is 32.6 Å². The average Bonchev–Trinajstić information content (AvgIpc) is 3.47. The Labute approximate surface area is 287 Å². The third kappa shape index (κ3) is 4.60. The van der Waals surface area contributed by atoms with E-state index in [-0.39, 0.29) is 41.1 Å². The fourth-order valence-electron chi connectivity index (χ4n) is 9.03. The number of rotatable bonds is 4. The molecule has 3 saturated heterocycles. The van der Waals surface area contributed by atoms with E-state index >= 15 is 0 Å². The lowest BCUT2D eigenvalue weighted by atomic mass is 9.51. The first-order valence-corrected chi connectivity index (χ1v) is 17.0. The van der Waals surface area contributed by atoms with Gasteiger partial charge in [0, 0.05) is 30.3 Å². The molecule has 49 heavy (non-hydrogen) atoms. The van der Waals surface area contributed by atoms with Crippen LogP contribution in [0.15, 0.2) is 72.3 Å². The van der Waals surface area contributed by atoms with Crippen LogP contribution in [-0.4, -0.2) is 55.0 Å². The number of nitrogens with zero attached hydrogens (tertiary/aromatic N) is 3. The molecule has 1 N–H and O–H groups in total. The van der Waals surface area contributed by atoms with E-state index in [4.69, 9.17) is 16.3 Å². The van der Waals surface area contributed by atoms with E-state index in [1.165, 1.54) is 17.0 Å². The Morgan fingerprint density at radius 3 is 2.29 bits per heavy atom. The number of halogens is 2. The fraction of sp³-hybridized carbons (Fsp3) is 0.368. The Balaban J connectivity index is 1.20. The van der Waals surface area contributed by atoms with Crippen molar-refractivity contribution in [3.63, 3.8) is 0 Å². The molecule has 3 aliphatic heterocycles. The number of benzene rings is 3. The van der Waals surface area contributed by atoms with E-state index in [2.05, 4.69) is 4.90 Å². The van der Waals surface area contributed by atoms with Gasteiger partial charge >= 0.3 is 0 Å². The smallest absolute Gasteiger partial charge is 0.241 e. The van der Waals surface area contributed by atoms with Gasteiger partial charge < -0.3 is 14.7 Å². The SMILES string of the molecule is Cc1cccc([C@H]2C3=CC[C@@H]4C(=O)N(c5ccc(N6CCOCC6)cc5)C(=O)[C@@H]4[C@@H]3C[C@H]3C(=O)N(c4ccc(F)c(Cl)c4)C(=O)[C@@]23C)c1O. The molecule has 3 aromatic carbocycles. The number of allylic oxidation sites excluding steroid dienone is 2. The van der Waals surface area contributed by atoms with Gasteiger partial charge in [-0.2, -0.15) is 0 Å². The second-order valence-corrected chi connectivity index (χ2v) is 14.3. The van der Waals surface area contributed by atoms with Crippen molar-refractivity contribution in [3.05, 3.63) is 94.3 Å². The standard InChI is InChI=1S/C38H35ClFN3O6/c1-20-4-3-5-26(33(20)44)32-24-11-12-25-31(36(47)42(34(25)45)22-8-6-21(7-9-22)41-14-16-49-17-15-41)27(24)19-28-35(46)43(37(48)38(28,32)2)23-10-13-30(40)29(39)18-23/h3-11,13,18,25,27-28,31-32,44H,12,14-17,19H2,1-2H3/t25-,27+,28-,31-,32+,38+/m0/s1. The molecule has 0 aromatic heterocycles. The van der Waals surface area contributed by atoms with Gasteiger partial charge in [-0.3, -0.25) is 24.1 Å². The summed E-state index contributed by atoms with van der Waals surface area (Å²) in [5, 5.41) is 11.2. The van der Waals surface area contributed by atoms with Gasteiger partial charge in [0.1, 0.15) is 11.6 Å². The number of para-hydroxylation sites is 1. The van der Waals surface area contributed by atoms with Gasteiger partial charge in [0.15, 0.2) is 0 Å². The number of phenols is 1. The molecule has 9 nitrogen and oxygen atoms in total. The second-order valence-electron chi connectivity index (χ2n) is 13.9. The lowest BCUT2D eigenvalue weighted by Crippen LogP contribution is -2.49. The molecule has 4 fully saturated rings. The van der Waals surface area contributed by atoms with Gasteiger partial charge in [-0.05, 0) is 80.6 Å². The van der Waals surface area contributed by atoms with E-state index in [1.807, 2.05) is 18.2 Å². The van der Waals surface area contributed by atoms with Crippen LogP contribution < -0.4 is 14.7 Å². The maximum atomic E-state index is 14.6. The largest absolute Gasteiger partial charge is 0.507 e. The Morgan fingerprint density at radius 2 is 1.57 bits per heavy atom. The zero-order chi connectivity index (χ0) is 34.4. The van der Waals surface area contributed by atoms with Crippen LogP contribution in [0.1, 0.15) is 36.8 Å². The van der Waals surface area contributed by atoms with Gasteiger partial charge in [-0.1, -0.05) is 41.4 Å². The van der Waals surface area contributed by atoms with Gasteiger partial charge in [-0.25, -0.2) is 9.29 Å². The lowest BCUT2D eigenvalue weighted by molar-refractivity contribution is -0.131. The zero-order valence-electron chi connectivity index (χ0n) is 27.1. The number of aromatic hydroxyl groups is 1. The van der Waals surface area contributed by atoms with E-state index in [9.17, 15) is 28.7 Å². The number of hydrogen-bond donors (Lipinski definition) is 1. The topological polar surface area (TPSA) is 107 Å². The van der Waals surface area contributed by atoms with Crippen LogP contribution in [0.4, 0.5) is 21.5 Å². The van der Waals surface area contributed by atoms with Crippen LogP contribution in [0.5, 0.6) is 5.75 Å². The molecule has 0 bridgehead atoms. The molecule has 0 radical (unpaired) electrons. The normalized spacial score (nSPS) is 29.6. The Bertz CT molecular complexity index is 1960. The third-order valence-corrected chi connectivity index (χ3v) is 11.8. The summed E-state index contributed by atoms with van der Waals surface area (Å²) < 4.78 is 19.6. The molecule has 6 atom stereocenters. The van der Waals surface area contributed by atoms with Gasteiger partial charge in [0.05, 0.1) is 52.8 Å². The minimum atomic E-state index is -1.35. The highest BCUT2D eigenvalue weighted by Crippen LogP contribution is 2.64. The number of anilines is 3. The summed E-state index contributed by atoms with van der Waals surface area (Å²) in [4.78, 5) is 61.9. The summed E-state index contributed by atoms with van der Waals surface area (Å²) in [6.45, 7) is 6.28. The zero-order valence-corrected chi connectivity index (χ0v) is 27.8. The molecule has 3 heterocycles. The summed E-state index contributed by atoms with van der Waals surface area (Å²) in [6.07, 6.45) is 2.39. The maximum Gasteiger partial charge on any atom is 0.241 e. The molecule has 8 rings (SSSR count). The molecule has 252 valence electrons. The second kappa shape index (κ2) is 11.5. The van der Waals surface area contributed by atoms with Gasteiger partial charge in [0.2, 0.25) is 23.6 Å². The molecular formula is C38H35ClFN3O6. The van der Waals surface area contributed by atoms with Crippen LogP contribution in [0.2, 0.25) is 5.02 Å². The molecule has 0 unspecified atom stereocenters. The average molecular weight is 684 g/mol. The molecule has 3 aromatic rings. The van der Waals surface area contributed by atoms with Crippen molar-refractivity contribution < 1.29 is 33.4 Å². The Morgan fingerprint density at radius 1 is 0.878 bits per heavy atom. The van der Waals surface area contributed by atoms with Crippen molar-refractivity contribution in [2.24, 2.45) is 29.1 Å². The van der Waals surface area contributed by atoms with Crippen LogP contribution >= 0.6 is 11.6 Å². The number of phenolic OH excluding ortho intramolecular Hbond substituents is 1. The first kappa shape index (κ1) is 31.7. The van der Waals surface area contributed by atoms with Crippen LogP contribution in [0.3, 0.4) is 0 Å². The molecule has 4 amide bonds. The number of imide groups is 2. The van der Waals surface area contributed by atoms with E-state index < -0.39 is 52.6 Å². The minimum Gasteiger partial charge on any atom is -0.507 e. The van der Waals surface area contributed by atoms with Crippen molar-refractivity contribution in [2.75, 3.05) is 41.0 Å². The van der Waals surface area contributed by atoms with Crippen LogP contribution in [0.25, 0.3) is 0 Å². The number of morpholine rings is 1. The first-order valence-electron chi connectivity index (χ1n) is 16.6. The number of ether oxygens (including phenoxy) is 1. The fourth-order valence-corrected chi connectivity index (χ4v) is 9.21. The summed E-state index contributed by atoms with van der Waals surface area (Å²) in [5.41, 5.74) is 2.13. The number of carbonyl (C=O) groups is 4. The maximum absolute atomic E-state index is 14.6. The van der Waals surface area contributed by atoms with E-state index in [0.29, 0.717) is 30.0 Å². The number of amides is 4. The quantitative estimate of drug-likeness (QED) is 0.275. The number of aryl methyl sites for hydroxylation is 1. The monoisotopic (exact) mass is 683 g/mol. The van der Waals surface area contributed by atoms with Crippen molar-refractivity contribution in [1.82, 2.24) is 0 Å². The molecule has 2 aliphatic carbocycles. The van der Waals surface area contributed by atoms with Crippen molar-refractivity contribution in [3.8, 4) is 5.75 Å². The highest BCUT2D eigenvalue weighted by molar-refractivity contribution is 6.32. The van der Waals surface area contributed by atoms with Crippen LogP contribution in [-0.2, 0) is 23.9 Å². The highest BCUT2D eigenvalue weighted by atomic mass is 35.5.